The minimum atomic E-state index is 0.116. The van der Waals surface area contributed by atoms with Gasteiger partial charge in [0.05, 0.1) is 12.7 Å². The largest absolute Gasteiger partial charge is 0.374 e. The normalized spacial score (nSPS) is 28.8. The van der Waals surface area contributed by atoms with Gasteiger partial charge in [0.25, 0.3) is 0 Å². The summed E-state index contributed by atoms with van der Waals surface area (Å²) in [7, 11) is 0. The second-order valence-electron chi connectivity index (χ2n) is 3.36. The Bertz CT molecular complexity index is 127. The molecule has 1 heterocycles. The van der Waals surface area contributed by atoms with E-state index in [9.17, 15) is 0 Å². The summed E-state index contributed by atoms with van der Waals surface area (Å²) in [5, 5.41) is 0. The zero-order chi connectivity index (χ0) is 8.97. The van der Waals surface area contributed by atoms with Gasteiger partial charge in [-0.2, -0.15) is 0 Å². The van der Waals surface area contributed by atoms with Gasteiger partial charge in [0, 0.05) is 32.2 Å². The highest BCUT2D eigenvalue weighted by atomic mass is 16.5. The van der Waals surface area contributed by atoms with E-state index in [1.54, 1.807) is 0 Å². The van der Waals surface area contributed by atoms with Crippen LogP contribution in [0.4, 0.5) is 0 Å². The van der Waals surface area contributed by atoms with E-state index >= 15 is 0 Å². The number of ether oxygens (including phenoxy) is 1. The number of hydrogen-bond donors (Lipinski definition) is 2. The molecule has 0 aromatic carbocycles. The van der Waals surface area contributed by atoms with Gasteiger partial charge in [-0.05, 0) is 6.92 Å². The fourth-order valence-electron chi connectivity index (χ4n) is 1.44. The summed E-state index contributed by atoms with van der Waals surface area (Å²) < 4.78 is 5.51. The SMILES string of the molecule is CC(N)C1CN(CCN)CCO1. The van der Waals surface area contributed by atoms with Gasteiger partial charge in [0.1, 0.15) is 0 Å². The maximum absolute atomic E-state index is 5.74. The zero-order valence-corrected chi connectivity index (χ0v) is 7.70. The highest BCUT2D eigenvalue weighted by Crippen LogP contribution is 2.06. The number of morpholine rings is 1. The second kappa shape index (κ2) is 4.77. The van der Waals surface area contributed by atoms with Gasteiger partial charge >= 0.3 is 0 Å². The van der Waals surface area contributed by atoms with E-state index in [0.717, 1.165) is 26.2 Å². The Hall–Kier alpha value is -0.160. The topological polar surface area (TPSA) is 64.5 Å². The predicted octanol–water partition coefficient (Wildman–Crippen LogP) is -1.01. The lowest BCUT2D eigenvalue weighted by Gasteiger charge is -2.34. The standard InChI is InChI=1S/C8H19N3O/c1-7(10)8-6-11(3-2-9)4-5-12-8/h7-8H,2-6,9-10H2,1H3. The molecule has 4 nitrogen and oxygen atoms in total. The van der Waals surface area contributed by atoms with Crippen LogP contribution in [0.2, 0.25) is 0 Å². The van der Waals surface area contributed by atoms with Crippen molar-refractivity contribution in [2.75, 3.05) is 32.8 Å². The van der Waals surface area contributed by atoms with Crippen LogP contribution in [0.15, 0.2) is 0 Å². The van der Waals surface area contributed by atoms with Crippen molar-refractivity contribution in [3.05, 3.63) is 0 Å². The molecule has 2 unspecified atom stereocenters. The highest BCUT2D eigenvalue weighted by Gasteiger charge is 2.22. The Kier molecular flexibility index (Phi) is 3.94. The molecule has 1 saturated heterocycles. The van der Waals surface area contributed by atoms with E-state index in [4.69, 9.17) is 16.2 Å². The van der Waals surface area contributed by atoms with Crippen LogP contribution in [0.3, 0.4) is 0 Å². The van der Waals surface area contributed by atoms with Gasteiger partial charge < -0.3 is 16.2 Å². The van der Waals surface area contributed by atoms with Gasteiger partial charge in [0.2, 0.25) is 0 Å². The van der Waals surface area contributed by atoms with Crippen LogP contribution in [0.5, 0.6) is 0 Å². The first-order valence-corrected chi connectivity index (χ1v) is 4.53. The minimum absolute atomic E-state index is 0.116. The fourth-order valence-corrected chi connectivity index (χ4v) is 1.44. The summed E-state index contributed by atoms with van der Waals surface area (Å²) in [5.41, 5.74) is 11.2. The van der Waals surface area contributed by atoms with Gasteiger partial charge in [-0.1, -0.05) is 0 Å². The molecule has 4 N–H and O–H groups in total. The number of hydrogen-bond acceptors (Lipinski definition) is 4. The summed E-state index contributed by atoms with van der Waals surface area (Å²) in [6, 6.07) is 0.116. The van der Waals surface area contributed by atoms with Crippen molar-refractivity contribution in [3.8, 4) is 0 Å². The van der Waals surface area contributed by atoms with Crippen molar-refractivity contribution in [1.29, 1.82) is 0 Å². The zero-order valence-electron chi connectivity index (χ0n) is 7.70. The fraction of sp³-hybridized carbons (Fsp3) is 1.00. The van der Waals surface area contributed by atoms with Crippen LogP contribution >= 0.6 is 0 Å². The van der Waals surface area contributed by atoms with Crippen LogP contribution in [0.1, 0.15) is 6.92 Å². The van der Waals surface area contributed by atoms with E-state index in [1.807, 2.05) is 6.92 Å². The molecule has 0 spiro atoms. The minimum Gasteiger partial charge on any atom is -0.374 e. The Morgan fingerprint density at radius 3 is 3.00 bits per heavy atom. The van der Waals surface area contributed by atoms with Crippen molar-refractivity contribution in [2.24, 2.45) is 11.5 Å². The molecule has 0 aromatic rings. The maximum atomic E-state index is 5.74. The molecule has 0 amide bonds. The highest BCUT2D eigenvalue weighted by molar-refractivity contribution is 4.77. The van der Waals surface area contributed by atoms with Crippen molar-refractivity contribution in [1.82, 2.24) is 4.90 Å². The number of nitrogens with zero attached hydrogens (tertiary/aromatic N) is 1. The van der Waals surface area contributed by atoms with Gasteiger partial charge in [0.15, 0.2) is 0 Å². The maximum Gasteiger partial charge on any atom is 0.0850 e. The smallest absolute Gasteiger partial charge is 0.0850 e. The Morgan fingerprint density at radius 2 is 2.42 bits per heavy atom. The van der Waals surface area contributed by atoms with E-state index < -0.39 is 0 Å². The number of rotatable bonds is 3. The van der Waals surface area contributed by atoms with Crippen LogP contribution in [0.25, 0.3) is 0 Å². The third-order valence-corrected chi connectivity index (χ3v) is 2.21. The molecule has 0 saturated carbocycles. The summed E-state index contributed by atoms with van der Waals surface area (Å²) in [6.07, 6.45) is 0.185. The van der Waals surface area contributed by atoms with Crippen LogP contribution in [-0.4, -0.2) is 49.8 Å². The molecule has 0 bridgehead atoms. The van der Waals surface area contributed by atoms with Crippen molar-refractivity contribution in [2.45, 2.75) is 19.1 Å². The summed E-state index contributed by atoms with van der Waals surface area (Å²) >= 11 is 0. The van der Waals surface area contributed by atoms with Crippen LogP contribution in [-0.2, 0) is 4.74 Å². The first kappa shape index (κ1) is 9.92. The molecular formula is C8H19N3O. The first-order valence-electron chi connectivity index (χ1n) is 4.53. The summed E-state index contributed by atoms with van der Waals surface area (Å²) in [6.45, 7) is 6.34. The third-order valence-electron chi connectivity index (χ3n) is 2.21. The molecule has 0 aliphatic carbocycles. The predicted molar refractivity (Wildman–Crippen MR) is 48.9 cm³/mol. The van der Waals surface area contributed by atoms with Crippen molar-refractivity contribution < 1.29 is 4.74 Å². The molecule has 4 heteroatoms. The molecule has 2 atom stereocenters. The second-order valence-corrected chi connectivity index (χ2v) is 3.36. The van der Waals surface area contributed by atoms with Gasteiger partial charge in [-0.25, -0.2) is 0 Å². The third kappa shape index (κ3) is 2.71. The molecular weight excluding hydrogens is 154 g/mol. The van der Waals surface area contributed by atoms with Crippen molar-refractivity contribution >= 4 is 0 Å². The average Bonchev–Trinajstić information content (AvgIpc) is 2.05. The summed E-state index contributed by atoms with van der Waals surface area (Å²) in [4.78, 5) is 2.30. The van der Waals surface area contributed by atoms with Crippen LogP contribution in [0, 0.1) is 0 Å². The molecule has 12 heavy (non-hydrogen) atoms. The molecule has 1 fully saturated rings. The van der Waals surface area contributed by atoms with E-state index in [1.165, 1.54) is 0 Å². The van der Waals surface area contributed by atoms with Gasteiger partial charge in [-0.15, -0.1) is 0 Å². The lowest BCUT2D eigenvalue weighted by Crippen LogP contribution is -2.50. The van der Waals surface area contributed by atoms with E-state index in [2.05, 4.69) is 4.90 Å². The molecule has 0 radical (unpaired) electrons. The molecule has 1 rings (SSSR count). The Balaban J connectivity index is 2.30. The number of nitrogens with two attached hydrogens (primary N) is 2. The van der Waals surface area contributed by atoms with Crippen molar-refractivity contribution in [3.63, 3.8) is 0 Å². The molecule has 1 aliphatic rings. The van der Waals surface area contributed by atoms with Gasteiger partial charge in [-0.3, -0.25) is 4.90 Å². The lowest BCUT2D eigenvalue weighted by molar-refractivity contribution is -0.0365. The summed E-state index contributed by atoms with van der Waals surface area (Å²) in [5.74, 6) is 0. The molecule has 0 aromatic heterocycles. The van der Waals surface area contributed by atoms with E-state index in [-0.39, 0.29) is 12.1 Å². The first-order chi connectivity index (χ1) is 5.74. The van der Waals surface area contributed by atoms with Crippen LogP contribution < -0.4 is 11.5 Å². The lowest BCUT2D eigenvalue weighted by atomic mass is 10.1. The average molecular weight is 173 g/mol. The monoisotopic (exact) mass is 173 g/mol. The Labute approximate surface area is 73.8 Å². The molecule has 1 aliphatic heterocycles. The Morgan fingerprint density at radius 1 is 1.67 bits per heavy atom. The van der Waals surface area contributed by atoms with E-state index in [0.29, 0.717) is 6.54 Å². The molecule has 72 valence electrons. The quantitative estimate of drug-likeness (QED) is 0.574.